The van der Waals surface area contributed by atoms with E-state index in [-0.39, 0.29) is 12.4 Å². The van der Waals surface area contributed by atoms with E-state index < -0.39 is 11.9 Å². The Balaban J connectivity index is 1.65. The van der Waals surface area contributed by atoms with Crippen LogP contribution in [0.25, 0.3) is 0 Å². The van der Waals surface area contributed by atoms with Crippen LogP contribution in [0.4, 0.5) is 4.39 Å². The third kappa shape index (κ3) is 3.96. The summed E-state index contributed by atoms with van der Waals surface area (Å²) >= 11 is 0. The van der Waals surface area contributed by atoms with Gasteiger partial charge in [-0.15, -0.1) is 0 Å². The summed E-state index contributed by atoms with van der Waals surface area (Å²) in [6.07, 6.45) is 1.89. The monoisotopic (exact) mass is 253 g/mol. The van der Waals surface area contributed by atoms with Gasteiger partial charge in [-0.05, 0) is 30.4 Å². The van der Waals surface area contributed by atoms with Crippen molar-refractivity contribution >= 4 is 0 Å². The molecule has 0 saturated heterocycles. The summed E-state index contributed by atoms with van der Waals surface area (Å²) < 4.78 is 18.5. The number of hydrogen-bond acceptors (Lipinski definition) is 3. The predicted octanol–water partition coefficient (Wildman–Crippen LogP) is 1.96. The molecule has 1 saturated carbocycles. The molecule has 0 aromatic heterocycles. The minimum Gasteiger partial charge on any atom is -0.488 e. The van der Waals surface area contributed by atoms with E-state index in [1.54, 1.807) is 18.2 Å². The highest BCUT2D eigenvalue weighted by Gasteiger charge is 2.36. The molecule has 0 aliphatic heterocycles. The number of benzene rings is 1. The van der Waals surface area contributed by atoms with Crippen LogP contribution in [-0.4, -0.2) is 30.9 Å². The molecule has 1 aliphatic carbocycles. The van der Waals surface area contributed by atoms with Gasteiger partial charge in [-0.2, -0.15) is 0 Å². The first-order valence-electron chi connectivity index (χ1n) is 6.35. The predicted molar refractivity (Wildman–Crippen MR) is 68.1 cm³/mol. The van der Waals surface area contributed by atoms with Crippen molar-refractivity contribution < 1.29 is 14.2 Å². The van der Waals surface area contributed by atoms with Crippen molar-refractivity contribution in [1.82, 2.24) is 5.32 Å². The van der Waals surface area contributed by atoms with E-state index in [1.165, 1.54) is 18.9 Å². The highest BCUT2D eigenvalue weighted by atomic mass is 19.1. The van der Waals surface area contributed by atoms with Gasteiger partial charge < -0.3 is 15.2 Å². The molecule has 0 heterocycles. The second-order valence-corrected chi connectivity index (χ2v) is 5.34. The van der Waals surface area contributed by atoms with Crippen molar-refractivity contribution in [2.45, 2.75) is 25.9 Å². The van der Waals surface area contributed by atoms with E-state index in [0.717, 1.165) is 6.54 Å². The van der Waals surface area contributed by atoms with Crippen LogP contribution in [-0.2, 0) is 0 Å². The highest BCUT2D eigenvalue weighted by Crippen LogP contribution is 2.43. The Hall–Kier alpha value is -1.13. The fourth-order valence-electron chi connectivity index (χ4n) is 1.74. The Morgan fingerprint density at radius 3 is 2.83 bits per heavy atom. The van der Waals surface area contributed by atoms with Crippen LogP contribution < -0.4 is 10.1 Å². The molecule has 4 heteroatoms. The number of rotatable bonds is 7. The van der Waals surface area contributed by atoms with Gasteiger partial charge in [0, 0.05) is 13.1 Å². The molecule has 0 spiro atoms. The summed E-state index contributed by atoms with van der Waals surface area (Å²) in [6.45, 7) is 3.72. The first-order valence-corrected chi connectivity index (χ1v) is 6.35. The molecule has 1 aromatic carbocycles. The highest BCUT2D eigenvalue weighted by molar-refractivity contribution is 5.23. The molecular weight excluding hydrogens is 233 g/mol. The molecule has 1 atom stereocenters. The fraction of sp³-hybridized carbons (Fsp3) is 0.571. The normalized spacial score (nSPS) is 18.4. The van der Waals surface area contributed by atoms with Gasteiger partial charge in [0.1, 0.15) is 12.7 Å². The van der Waals surface area contributed by atoms with Gasteiger partial charge in [0.15, 0.2) is 11.6 Å². The number of nitrogens with one attached hydrogen (secondary N) is 1. The van der Waals surface area contributed by atoms with Crippen molar-refractivity contribution in [3.63, 3.8) is 0 Å². The van der Waals surface area contributed by atoms with Crippen molar-refractivity contribution in [3.8, 4) is 5.75 Å². The van der Waals surface area contributed by atoms with E-state index in [1.807, 2.05) is 0 Å². The molecule has 0 amide bonds. The number of para-hydroxylation sites is 1. The number of ether oxygens (including phenoxy) is 1. The first kappa shape index (κ1) is 13.3. The standard InChI is InChI=1S/C14H20FNO2/c1-14(6-7-14)10-16-8-11(17)9-18-13-5-3-2-4-12(13)15/h2-5,11,16-17H,6-10H2,1H3. The van der Waals surface area contributed by atoms with E-state index >= 15 is 0 Å². The molecule has 100 valence electrons. The van der Waals surface area contributed by atoms with Crippen LogP contribution in [0.1, 0.15) is 19.8 Å². The summed E-state index contributed by atoms with van der Waals surface area (Å²) in [7, 11) is 0. The number of aliphatic hydroxyl groups excluding tert-OH is 1. The number of aliphatic hydroxyl groups is 1. The van der Waals surface area contributed by atoms with Gasteiger partial charge in [-0.25, -0.2) is 4.39 Å². The first-order chi connectivity index (χ1) is 8.59. The smallest absolute Gasteiger partial charge is 0.165 e. The molecule has 1 unspecified atom stereocenters. The lowest BCUT2D eigenvalue weighted by atomic mass is 10.1. The van der Waals surface area contributed by atoms with Crippen LogP contribution in [0.5, 0.6) is 5.75 Å². The van der Waals surface area contributed by atoms with E-state index in [4.69, 9.17) is 4.74 Å². The third-order valence-electron chi connectivity index (χ3n) is 3.30. The van der Waals surface area contributed by atoms with Crippen LogP contribution in [0.2, 0.25) is 0 Å². The zero-order valence-electron chi connectivity index (χ0n) is 10.7. The fourth-order valence-corrected chi connectivity index (χ4v) is 1.74. The van der Waals surface area contributed by atoms with Gasteiger partial charge in [0.2, 0.25) is 0 Å². The van der Waals surface area contributed by atoms with Crippen molar-refractivity contribution in [1.29, 1.82) is 0 Å². The number of halogens is 1. The maximum atomic E-state index is 13.2. The average Bonchev–Trinajstić information content (AvgIpc) is 3.06. The molecule has 3 nitrogen and oxygen atoms in total. The lowest BCUT2D eigenvalue weighted by Gasteiger charge is -2.15. The van der Waals surface area contributed by atoms with E-state index in [0.29, 0.717) is 12.0 Å². The molecular formula is C14H20FNO2. The summed E-state index contributed by atoms with van der Waals surface area (Å²) in [4.78, 5) is 0. The van der Waals surface area contributed by atoms with Crippen molar-refractivity contribution in [2.24, 2.45) is 5.41 Å². The maximum Gasteiger partial charge on any atom is 0.165 e. The minimum absolute atomic E-state index is 0.102. The molecule has 0 bridgehead atoms. The summed E-state index contributed by atoms with van der Waals surface area (Å²) in [6, 6.07) is 6.21. The van der Waals surface area contributed by atoms with Gasteiger partial charge in [0.05, 0.1) is 0 Å². The summed E-state index contributed by atoms with van der Waals surface area (Å²) in [5.41, 5.74) is 0.423. The largest absolute Gasteiger partial charge is 0.488 e. The zero-order valence-corrected chi connectivity index (χ0v) is 10.7. The quantitative estimate of drug-likeness (QED) is 0.780. The van der Waals surface area contributed by atoms with Crippen molar-refractivity contribution in [2.75, 3.05) is 19.7 Å². The minimum atomic E-state index is -0.619. The molecule has 1 fully saturated rings. The average molecular weight is 253 g/mol. The van der Waals surface area contributed by atoms with Crippen molar-refractivity contribution in [3.05, 3.63) is 30.1 Å². The van der Waals surface area contributed by atoms with Gasteiger partial charge in [-0.1, -0.05) is 19.1 Å². The van der Waals surface area contributed by atoms with E-state index in [9.17, 15) is 9.50 Å². The van der Waals surface area contributed by atoms with Crippen LogP contribution in [0.15, 0.2) is 24.3 Å². The SMILES string of the molecule is CC1(CNCC(O)COc2ccccc2F)CC1. The van der Waals surface area contributed by atoms with Crippen LogP contribution >= 0.6 is 0 Å². The topological polar surface area (TPSA) is 41.5 Å². The lowest BCUT2D eigenvalue weighted by Crippen LogP contribution is -2.34. The van der Waals surface area contributed by atoms with Gasteiger partial charge in [-0.3, -0.25) is 0 Å². The molecule has 1 aliphatic rings. The summed E-state index contributed by atoms with van der Waals surface area (Å²) in [5.74, 6) is -0.214. The Kier molecular flexibility index (Phi) is 4.19. The molecule has 0 radical (unpaired) electrons. The van der Waals surface area contributed by atoms with E-state index in [2.05, 4.69) is 12.2 Å². The van der Waals surface area contributed by atoms with Crippen LogP contribution in [0, 0.1) is 11.2 Å². The third-order valence-corrected chi connectivity index (χ3v) is 3.30. The second-order valence-electron chi connectivity index (χ2n) is 5.34. The lowest BCUT2D eigenvalue weighted by molar-refractivity contribution is 0.103. The van der Waals surface area contributed by atoms with Crippen LogP contribution in [0.3, 0.4) is 0 Å². The molecule has 1 aromatic rings. The molecule has 2 N–H and O–H groups in total. The number of hydrogen-bond donors (Lipinski definition) is 2. The Morgan fingerprint density at radius 2 is 2.17 bits per heavy atom. The van der Waals surface area contributed by atoms with Gasteiger partial charge in [0.25, 0.3) is 0 Å². The summed E-state index contributed by atoms with van der Waals surface area (Å²) in [5, 5.41) is 12.9. The maximum absolute atomic E-state index is 13.2. The van der Waals surface area contributed by atoms with Gasteiger partial charge >= 0.3 is 0 Å². The Labute approximate surface area is 107 Å². The molecule has 18 heavy (non-hydrogen) atoms. The zero-order chi connectivity index (χ0) is 13.0. The Bertz CT molecular complexity index is 393. The molecule has 2 rings (SSSR count). The second kappa shape index (κ2) is 5.67. The Morgan fingerprint density at radius 1 is 1.44 bits per heavy atom.